The van der Waals surface area contributed by atoms with E-state index in [0.717, 1.165) is 38.5 Å². The van der Waals surface area contributed by atoms with Crippen LogP contribution in [-0.2, 0) is 11.3 Å². The number of aryl methyl sites for hydroxylation is 1. The fourth-order valence-corrected chi connectivity index (χ4v) is 2.51. The molecular formula is C13H19ClN2O2. The van der Waals surface area contributed by atoms with Crippen molar-refractivity contribution in [3.63, 3.8) is 0 Å². The smallest absolute Gasteiger partial charge is 0.288 e. The highest BCUT2D eigenvalue weighted by molar-refractivity contribution is 6.29. The van der Waals surface area contributed by atoms with Gasteiger partial charge in [0, 0.05) is 32.2 Å². The van der Waals surface area contributed by atoms with Crippen molar-refractivity contribution in [3.8, 4) is 0 Å². The van der Waals surface area contributed by atoms with Gasteiger partial charge in [-0.3, -0.25) is 4.79 Å². The first-order chi connectivity index (χ1) is 8.77. The molecule has 0 amide bonds. The molecule has 0 bridgehead atoms. The second-order valence-corrected chi connectivity index (χ2v) is 5.13. The second-order valence-electron chi connectivity index (χ2n) is 4.77. The van der Waals surface area contributed by atoms with Crippen LogP contribution in [0, 0.1) is 5.92 Å². The first kappa shape index (κ1) is 13.6. The number of halogens is 1. The van der Waals surface area contributed by atoms with E-state index in [0.29, 0.717) is 0 Å². The summed E-state index contributed by atoms with van der Waals surface area (Å²) in [6.07, 6.45) is 9.03. The van der Waals surface area contributed by atoms with Gasteiger partial charge in [0.05, 0.1) is 0 Å². The molecule has 0 radical (unpaired) electrons. The van der Waals surface area contributed by atoms with Crippen LogP contribution >= 0.6 is 11.6 Å². The SMILES string of the molecule is O=c1c(Cl)nccn1CCCCC1CCOCC1. The fourth-order valence-electron chi connectivity index (χ4n) is 2.35. The largest absolute Gasteiger partial charge is 0.381 e. The van der Waals surface area contributed by atoms with Crippen molar-refractivity contribution >= 4 is 11.6 Å². The minimum atomic E-state index is -0.190. The van der Waals surface area contributed by atoms with Gasteiger partial charge in [-0.2, -0.15) is 0 Å². The Bertz CT molecular complexity index is 427. The first-order valence-electron chi connectivity index (χ1n) is 6.56. The number of hydrogen-bond acceptors (Lipinski definition) is 3. The predicted molar refractivity (Wildman–Crippen MR) is 70.9 cm³/mol. The van der Waals surface area contributed by atoms with E-state index in [2.05, 4.69) is 4.98 Å². The van der Waals surface area contributed by atoms with E-state index in [9.17, 15) is 4.79 Å². The number of hydrogen-bond donors (Lipinski definition) is 0. The van der Waals surface area contributed by atoms with Crippen LogP contribution in [0.15, 0.2) is 17.2 Å². The topological polar surface area (TPSA) is 44.1 Å². The monoisotopic (exact) mass is 270 g/mol. The lowest BCUT2D eigenvalue weighted by molar-refractivity contribution is 0.0630. The van der Waals surface area contributed by atoms with Crippen molar-refractivity contribution in [1.29, 1.82) is 0 Å². The van der Waals surface area contributed by atoms with E-state index in [1.807, 2.05) is 0 Å². The molecule has 2 heterocycles. The summed E-state index contributed by atoms with van der Waals surface area (Å²) in [4.78, 5) is 15.4. The Morgan fingerprint density at radius 3 is 2.94 bits per heavy atom. The summed E-state index contributed by atoms with van der Waals surface area (Å²) in [7, 11) is 0. The van der Waals surface area contributed by atoms with E-state index in [1.165, 1.54) is 19.3 Å². The van der Waals surface area contributed by atoms with Crippen molar-refractivity contribution in [1.82, 2.24) is 9.55 Å². The predicted octanol–water partition coefficient (Wildman–Crippen LogP) is 2.49. The fraction of sp³-hybridized carbons (Fsp3) is 0.692. The normalized spacial score (nSPS) is 16.9. The third-order valence-electron chi connectivity index (χ3n) is 3.47. The third kappa shape index (κ3) is 3.82. The number of ether oxygens (including phenoxy) is 1. The Morgan fingerprint density at radius 1 is 1.39 bits per heavy atom. The van der Waals surface area contributed by atoms with Gasteiger partial charge in [-0.05, 0) is 25.2 Å². The molecule has 2 rings (SSSR count). The van der Waals surface area contributed by atoms with E-state index in [1.54, 1.807) is 17.0 Å². The molecule has 0 aliphatic carbocycles. The molecule has 1 aliphatic rings. The third-order valence-corrected chi connectivity index (χ3v) is 3.73. The molecule has 0 atom stereocenters. The summed E-state index contributed by atoms with van der Waals surface area (Å²) in [5.74, 6) is 0.802. The van der Waals surface area contributed by atoms with Crippen LogP contribution in [0.4, 0.5) is 0 Å². The average molecular weight is 271 g/mol. The standard InChI is InChI=1S/C13H19ClN2O2/c14-12-13(17)16(8-6-15-12)7-2-1-3-11-4-9-18-10-5-11/h6,8,11H,1-5,7,9-10H2. The van der Waals surface area contributed by atoms with Gasteiger partial charge in [-0.25, -0.2) is 4.98 Å². The summed E-state index contributed by atoms with van der Waals surface area (Å²) in [6.45, 7) is 2.54. The number of rotatable bonds is 5. The average Bonchev–Trinajstić information content (AvgIpc) is 2.40. The first-order valence-corrected chi connectivity index (χ1v) is 6.94. The molecule has 0 spiro atoms. The molecule has 1 aromatic heterocycles. The van der Waals surface area contributed by atoms with Gasteiger partial charge in [-0.1, -0.05) is 24.4 Å². The van der Waals surface area contributed by atoms with Crippen LogP contribution in [0.25, 0.3) is 0 Å². The van der Waals surface area contributed by atoms with E-state index >= 15 is 0 Å². The number of unbranched alkanes of at least 4 members (excludes halogenated alkanes) is 1. The number of nitrogens with zero attached hydrogens (tertiary/aromatic N) is 2. The van der Waals surface area contributed by atoms with Crippen molar-refractivity contribution in [2.24, 2.45) is 5.92 Å². The molecule has 1 saturated heterocycles. The van der Waals surface area contributed by atoms with Crippen LogP contribution < -0.4 is 5.56 Å². The maximum absolute atomic E-state index is 11.6. The molecule has 100 valence electrons. The van der Waals surface area contributed by atoms with Gasteiger partial charge in [-0.15, -0.1) is 0 Å². The summed E-state index contributed by atoms with van der Waals surface area (Å²) in [5, 5.41) is 0.0573. The summed E-state index contributed by atoms with van der Waals surface area (Å²) in [6, 6.07) is 0. The highest BCUT2D eigenvalue weighted by Crippen LogP contribution is 2.20. The molecule has 5 heteroatoms. The Morgan fingerprint density at radius 2 is 2.17 bits per heavy atom. The Hall–Kier alpha value is -0.870. The van der Waals surface area contributed by atoms with Gasteiger partial charge < -0.3 is 9.30 Å². The van der Waals surface area contributed by atoms with E-state index < -0.39 is 0 Å². The van der Waals surface area contributed by atoms with Gasteiger partial charge in [0.25, 0.3) is 5.56 Å². The van der Waals surface area contributed by atoms with Gasteiger partial charge in [0.2, 0.25) is 0 Å². The summed E-state index contributed by atoms with van der Waals surface area (Å²) in [5.41, 5.74) is -0.190. The van der Waals surface area contributed by atoms with Crippen molar-refractivity contribution < 1.29 is 4.74 Å². The molecule has 18 heavy (non-hydrogen) atoms. The quantitative estimate of drug-likeness (QED) is 0.772. The van der Waals surface area contributed by atoms with Crippen LogP contribution in [0.5, 0.6) is 0 Å². The molecule has 1 fully saturated rings. The van der Waals surface area contributed by atoms with Gasteiger partial charge in [0.15, 0.2) is 5.15 Å². The molecule has 4 nitrogen and oxygen atoms in total. The highest BCUT2D eigenvalue weighted by Gasteiger charge is 2.12. The summed E-state index contributed by atoms with van der Waals surface area (Å²) < 4.78 is 6.98. The maximum Gasteiger partial charge on any atom is 0.288 e. The maximum atomic E-state index is 11.6. The minimum absolute atomic E-state index is 0.0573. The molecule has 0 N–H and O–H groups in total. The zero-order chi connectivity index (χ0) is 12.8. The molecule has 1 aliphatic heterocycles. The van der Waals surface area contributed by atoms with Crippen molar-refractivity contribution in [3.05, 3.63) is 27.9 Å². The Kier molecular flexibility index (Phi) is 5.20. The highest BCUT2D eigenvalue weighted by atomic mass is 35.5. The minimum Gasteiger partial charge on any atom is -0.381 e. The van der Waals surface area contributed by atoms with Crippen molar-refractivity contribution in [2.75, 3.05) is 13.2 Å². The Balaban J connectivity index is 1.71. The Labute approximate surface area is 112 Å². The zero-order valence-electron chi connectivity index (χ0n) is 10.5. The van der Waals surface area contributed by atoms with E-state index in [-0.39, 0.29) is 10.7 Å². The van der Waals surface area contributed by atoms with Crippen LogP contribution in [0.1, 0.15) is 32.1 Å². The zero-order valence-corrected chi connectivity index (χ0v) is 11.2. The number of aromatic nitrogens is 2. The van der Waals surface area contributed by atoms with Crippen LogP contribution in [0.2, 0.25) is 5.15 Å². The summed E-state index contributed by atoms with van der Waals surface area (Å²) >= 11 is 5.69. The van der Waals surface area contributed by atoms with Crippen molar-refractivity contribution in [2.45, 2.75) is 38.6 Å². The molecule has 1 aromatic rings. The molecule has 0 saturated carbocycles. The van der Waals surface area contributed by atoms with Gasteiger partial charge in [0.1, 0.15) is 0 Å². The molecule has 0 unspecified atom stereocenters. The van der Waals surface area contributed by atoms with E-state index in [4.69, 9.17) is 16.3 Å². The molecular weight excluding hydrogens is 252 g/mol. The lowest BCUT2D eigenvalue weighted by atomic mass is 9.94. The van der Waals surface area contributed by atoms with Gasteiger partial charge >= 0.3 is 0 Å². The second kappa shape index (κ2) is 6.90. The molecule has 0 aromatic carbocycles. The lowest BCUT2D eigenvalue weighted by Gasteiger charge is -2.21. The van der Waals surface area contributed by atoms with Crippen LogP contribution in [-0.4, -0.2) is 22.8 Å². The van der Waals surface area contributed by atoms with Crippen LogP contribution in [0.3, 0.4) is 0 Å². The lowest BCUT2D eigenvalue weighted by Crippen LogP contribution is -2.21.